The zero-order valence-corrected chi connectivity index (χ0v) is 15.0. The molecular weight excluding hydrogens is 342 g/mol. The Morgan fingerprint density at radius 1 is 1.22 bits per heavy atom. The molecule has 0 spiro atoms. The minimum Gasteiger partial charge on any atom is -0.480 e. The number of carbonyl (C=O) groups is 1. The van der Waals surface area contributed by atoms with Gasteiger partial charge in [-0.3, -0.25) is 4.79 Å². The van der Waals surface area contributed by atoms with E-state index in [-0.39, 0.29) is 43.0 Å². The lowest BCUT2D eigenvalue weighted by Gasteiger charge is -2.43. The number of nitrogens with zero attached hydrogens (tertiary/aromatic N) is 1. The number of aliphatic carboxylic acids is 1. The third-order valence-electron chi connectivity index (χ3n) is 5.19. The minimum atomic E-state index is -1.32. The topological polar surface area (TPSA) is 107 Å². The number of hydrogen-bond donors (Lipinski definition) is 4. The van der Waals surface area contributed by atoms with Gasteiger partial charge in [0.1, 0.15) is 5.54 Å². The Hall–Kier alpha value is -0.0451. The standard InChI is InChI=1S/C14H27BN2O4.2ClH/c16-14(13(18)19)9-11(5-6-15(20)21)3-4-12(14)10-17-7-1-2-8-17;;/h11-12,20-21H,1-10,16H2,(H,18,19);2*1H/t11-,12-,14+;;/m0../s1. The van der Waals surface area contributed by atoms with E-state index in [0.717, 1.165) is 32.5 Å². The van der Waals surface area contributed by atoms with Crippen LogP contribution in [0.25, 0.3) is 0 Å². The second-order valence-corrected chi connectivity index (χ2v) is 6.76. The predicted octanol–water partition coefficient (Wildman–Crippen LogP) is 0.987. The summed E-state index contributed by atoms with van der Waals surface area (Å²) in [6.07, 6.45) is 5.47. The molecule has 0 amide bonds. The molecule has 0 bridgehead atoms. The number of nitrogens with two attached hydrogens (primary N) is 1. The Labute approximate surface area is 150 Å². The monoisotopic (exact) mass is 370 g/mol. The SMILES string of the molecule is Cl.Cl.N[C@]1(C(=O)O)C[C@H](CCB(O)O)CC[C@H]1CN1CCCC1. The lowest BCUT2D eigenvalue weighted by molar-refractivity contribution is -0.148. The normalized spacial score (nSPS) is 31.1. The molecular formula is C14H29BCl2N2O4. The van der Waals surface area contributed by atoms with Gasteiger partial charge in [0.2, 0.25) is 0 Å². The van der Waals surface area contributed by atoms with E-state index >= 15 is 0 Å². The van der Waals surface area contributed by atoms with Gasteiger partial charge >= 0.3 is 13.1 Å². The average molecular weight is 371 g/mol. The summed E-state index contributed by atoms with van der Waals surface area (Å²) in [7, 11) is -1.32. The van der Waals surface area contributed by atoms with Crippen LogP contribution in [-0.2, 0) is 4.79 Å². The van der Waals surface area contributed by atoms with Crippen LogP contribution in [0.5, 0.6) is 0 Å². The number of rotatable bonds is 6. The summed E-state index contributed by atoms with van der Waals surface area (Å²) >= 11 is 0. The molecule has 0 aromatic heterocycles. The highest BCUT2D eigenvalue weighted by atomic mass is 35.5. The van der Waals surface area contributed by atoms with Gasteiger partial charge in [-0.25, -0.2) is 0 Å². The highest BCUT2D eigenvalue weighted by molar-refractivity contribution is 6.40. The van der Waals surface area contributed by atoms with Crippen LogP contribution in [0.15, 0.2) is 0 Å². The van der Waals surface area contributed by atoms with Crippen LogP contribution in [0.3, 0.4) is 0 Å². The maximum absolute atomic E-state index is 11.7. The first kappa shape index (κ1) is 23.0. The first-order chi connectivity index (χ1) is 9.91. The van der Waals surface area contributed by atoms with E-state index in [1.54, 1.807) is 0 Å². The summed E-state index contributed by atoms with van der Waals surface area (Å²) in [5, 5.41) is 27.5. The van der Waals surface area contributed by atoms with Crippen LogP contribution in [0.1, 0.15) is 38.5 Å². The van der Waals surface area contributed by atoms with Crippen molar-refractivity contribution < 1.29 is 19.9 Å². The summed E-state index contributed by atoms with van der Waals surface area (Å²) in [5.41, 5.74) is 5.10. The zero-order chi connectivity index (χ0) is 15.5. The van der Waals surface area contributed by atoms with Gasteiger partial charge in [-0.1, -0.05) is 6.42 Å². The van der Waals surface area contributed by atoms with Crippen molar-refractivity contribution in [3.63, 3.8) is 0 Å². The Kier molecular flexibility index (Phi) is 10.0. The Morgan fingerprint density at radius 2 is 1.83 bits per heavy atom. The van der Waals surface area contributed by atoms with E-state index in [2.05, 4.69) is 4.90 Å². The maximum atomic E-state index is 11.7. The number of hydrogen-bond acceptors (Lipinski definition) is 5. The minimum absolute atomic E-state index is 0. The van der Waals surface area contributed by atoms with Crippen molar-refractivity contribution in [2.24, 2.45) is 17.6 Å². The highest BCUT2D eigenvalue weighted by Gasteiger charge is 2.47. The molecule has 0 radical (unpaired) electrons. The molecule has 136 valence electrons. The Morgan fingerprint density at radius 3 is 2.35 bits per heavy atom. The first-order valence-electron chi connectivity index (χ1n) is 8.02. The van der Waals surface area contributed by atoms with Gasteiger partial charge in [0.15, 0.2) is 0 Å². The van der Waals surface area contributed by atoms with Crippen molar-refractivity contribution in [2.45, 2.75) is 50.4 Å². The van der Waals surface area contributed by atoms with E-state index in [0.29, 0.717) is 12.8 Å². The van der Waals surface area contributed by atoms with Crippen molar-refractivity contribution in [1.29, 1.82) is 0 Å². The number of likely N-dealkylation sites (tertiary alicyclic amines) is 1. The third kappa shape index (κ3) is 6.07. The van der Waals surface area contributed by atoms with Crippen LogP contribution >= 0.6 is 24.8 Å². The molecule has 3 atom stereocenters. The van der Waals surface area contributed by atoms with E-state index in [1.807, 2.05) is 0 Å². The molecule has 1 aliphatic heterocycles. The van der Waals surface area contributed by atoms with Crippen molar-refractivity contribution in [3.05, 3.63) is 0 Å². The summed E-state index contributed by atoms with van der Waals surface area (Å²) in [5.74, 6) is -0.757. The van der Waals surface area contributed by atoms with Gasteiger partial charge in [-0.15, -0.1) is 24.8 Å². The molecule has 0 aromatic rings. The predicted molar refractivity (Wildman–Crippen MR) is 95.2 cm³/mol. The van der Waals surface area contributed by atoms with E-state index in [9.17, 15) is 9.90 Å². The largest absolute Gasteiger partial charge is 0.480 e. The maximum Gasteiger partial charge on any atom is 0.451 e. The zero-order valence-electron chi connectivity index (χ0n) is 13.4. The van der Waals surface area contributed by atoms with Gasteiger partial charge in [0, 0.05) is 12.5 Å². The summed E-state index contributed by atoms with van der Waals surface area (Å²) in [6, 6.07) is 0. The molecule has 9 heteroatoms. The lowest BCUT2D eigenvalue weighted by atomic mass is 9.66. The second kappa shape index (κ2) is 10.1. The van der Waals surface area contributed by atoms with Gasteiger partial charge < -0.3 is 25.8 Å². The molecule has 1 saturated heterocycles. The molecule has 6 nitrogen and oxygen atoms in total. The molecule has 2 rings (SSSR count). The molecule has 1 aliphatic carbocycles. The van der Waals surface area contributed by atoms with E-state index in [1.165, 1.54) is 12.8 Å². The fourth-order valence-electron chi connectivity index (χ4n) is 3.87. The van der Waals surface area contributed by atoms with Crippen LogP contribution in [0.2, 0.25) is 6.32 Å². The van der Waals surface area contributed by atoms with Crippen molar-refractivity contribution in [1.82, 2.24) is 4.90 Å². The van der Waals surface area contributed by atoms with Crippen molar-refractivity contribution in [3.8, 4) is 0 Å². The Balaban J connectivity index is 0.00000242. The van der Waals surface area contributed by atoms with Gasteiger partial charge in [-0.2, -0.15) is 0 Å². The van der Waals surface area contributed by atoms with Crippen LogP contribution < -0.4 is 5.73 Å². The number of carboxylic acids is 1. The lowest BCUT2D eigenvalue weighted by Crippen LogP contribution is -2.59. The fourth-order valence-corrected chi connectivity index (χ4v) is 3.87. The average Bonchev–Trinajstić information content (AvgIpc) is 2.92. The Bertz CT molecular complexity index is 373. The molecule has 1 saturated carbocycles. The summed E-state index contributed by atoms with van der Waals surface area (Å²) < 4.78 is 0. The molecule has 5 N–H and O–H groups in total. The second-order valence-electron chi connectivity index (χ2n) is 6.76. The van der Waals surface area contributed by atoms with Crippen LogP contribution in [0.4, 0.5) is 0 Å². The quantitative estimate of drug-likeness (QED) is 0.519. The number of carboxylic acid groups (broad SMARTS) is 1. The molecule has 2 fully saturated rings. The molecule has 1 heterocycles. The molecule has 23 heavy (non-hydrogen) atoms. The smallest absolute Gasteiger partial charge is 0.451 e. The molecule has 0 aromatic carbocycles. The van der Waals surface area contributed by atoms with Crippen molar-refractivity contribution >= 4 is 37.9 Å². The summed E-state index contributed by atoms with van der Waals surface area (Å²) in [6.45, 7) is 2.87. The van der Waals surface area contributed by atoms with E-state index < -0.39 is 18.6 Å². The fraction of sp³-hybridized carbons (Fsp3) is 0.929. The first-order valence-corrected chi connectivity index (χ1v) is 8.02. The molecule has 2 aliphatic rings. The summed E-state index contributed by atoms with van der Waals surface area (Å²) in [4.78, 5) is 14.0. The van der Waals surface area contributed by atoms with E-state index in [4.69, 9.17) is 15.8 Å². The van der Waals surface area contributed by atoms with Crippen LogP contribution in [-0.4, -0.2) is 58.3 Å². The molecule has 0 unspecified atom stereocenters. The highest BCUT2D eigenvalue weighted by Crippen LogP contribution is 2.39. The van der Waals surface area contributed by atoms with Crippen molar-refractivity contribution in [2.75, 3.05) is 19.6 Å². The van der Waals surface area contributed by atoms with Gasteiger partial charge in [0.05, 0.1) is 0 Å². The van der Waals surface area contributed by atoms with Crippen LogP contribution in [0, 0.1) is 11.8 Å². The third-order valence-corrected chi connectivity index (χ3v) is 5.19. The van der Waals surface area contributed by atoms with Gasteiger partial charge in [-0.05, 0) is 57.4 Å². The van der Waals surface area contributed by atoms with Gasteiger partial charge in [0.25, 0.3) is 0 Å². The number of halogens is 2.